The van der Waals surface area contributed by atoms with Crippen molar-refractivity contribution in [1.82, 2.24) is 19.4 Å². The summed E-state index contributed by atoms with van der Waals surface area (Å²) in [7, 11) is 0. The molecule has 31 heavy (non-hydrogen) atoms. The van der Waals surface area contributed by atoms with Crippen LogP contribution in [0.5, 0.6) is 0 Å². The fourth-order valence-corrected chi connectivity index (χ4v) is 4.34. The van der Waals surface area contributed by atoms with Gasteiger partial charge in [-0.1, -0.05) is 35.9 Å². The number of benzene rings is 2. The number of aromatic nitrogens is 3. The van der Waals surface area contributed by atoms with Gasteiger partial charge in [0.2, 0.25) is 5.91 Å². The van der Waals surface area contributed by atoms with Crippen LogP contribution in [0.15, 0.2) is 59.7 Å². The highest BCUT2D eigenvalue weighted by atomic mass is 35.5. The van der Waals surface area contributed by atoms with Gasteiger partial charge in [0.25, 0.3) is 5.56 Å². The van der Waals surface area contributed by atoms with Crippen molar-refractivity contribution in [3.05, 3.63) is 70.2 Å². The number of anilines is 1. The average molecular weight is 436 g/mol. The van der Waals surface area contributed by atoms with Crippen molar-refractivity contribution in [3.8, 4) is 0 Å². The predicted octanol–water partition coefficient (Wildman–Crippen LogP) is 3.27. The molecule has 2 aromatic carbocycles. The minimum atomic E-state index is -0.153. The molecule has 0 aliphatic carbocycles. The molecule has 4 aromatic rings. The van der Waals surface area contributed by atoms with E-state index in [9.17, 15) is 9.59 Å². The number of H-pyrrole nitrogens is 1. The molecule has 0 spiro atoms. The molecule has 2 aromatic heterocycles. The number of nitrogens with one attached hydrogen (secondary N) is 1. The number of aromatic amines is 1. The van der Waals surface area contributed by atoms with Crippen LogP contribution in [0.4, 0.5) is 5.69 Å². The third-order valence-electron chi connectivity index (χ3n) is 5.85. The SMILES string of the molecule is O=C(CCn1cnc2c([nH]c3ccccc32)c1=O)N1CCN(c2cccc(Cl)c2)CC1. The first-order chi connectivity index (χ1) is 15.1. The molecule has 0 bridgehead atoms. The third-order valence-corrected chi connectivity index (χ3v) is 6.09. The first-order valence-corrected chi connectivity index (χ1v) is 10.7. The summed E-state index contributed by atoms with van der Waals surface area (Å²) >= 11 is 6.09. The highest BCUT2D eigenvalue weighted by molar-refractivity contribution is 6.30. The van der Waals surface area contributed by atoms with E-state index in [1.54, 1.807) is 0 Å². The van der Waals surface area contributed by atoms with E-state index in [4.69, 9.17) is 11.6 Å². The Kier molecular flexibility index (Phi) is 5.11. The summed E-state index contributed by atoms with van der Waals surface area (Å²) in [5, 5.41) is 1.64. The highest BCUT2D eigenvalue weighted by Gasteiger charge is 2.21. The highest BCUT2D eigenvalue weighted by Crippen LogP contribution is 2.22. The van der Waals surface area contributed by atoms with Crippen molar-refractivity contribution in [1.29, 1.82) is 0 Å². The van der Waals surface area contributed by atoms with Crippen LogP contribution in [0.2, 0.25) is 5.02 Å². The molecule has 0 saturated carbocycles. The Hall–Kier alpha value is -3.32. The zero-order valence-corrected chi connectivity index (χ0v) is 17.7. The van der Waals surface area contributed by atoms with Crippen LogP contribution in [0, 0.1) is 0 Å². The fraction of sp³-hybridized carbons (Fsp3) is 0.261. The van der Waals surface area contributed by atoms with E-state index >= 15 is 0 Å². The van der Waals surface area contributed by atoms with Crippen molar-refractivity contribution in [2.24, 2.45) is 0 Å². The number of nitrogens with zero attached hydrogens (tertiary/aromatic N) is 4. The second-order valence-corrected chi connectivity index (χ2v) is 8.17. The van der Waals surface area contributed by atoms with Crippen LogP contribution in [-0.2, 0) is 11.3 Å². The van der Waals surface area contributed by atoms with Gasteiger partial charge in [0, 0.05) is 60.8 Å². The van der Waals surface area contributed by atoms with Gasteiger partial charge in [-0.15, -0.1) is 0 Å². The number of amides is 1. The summed E-state index contributed by atoms with van der Waals surface area (Å²) in [6.45, 7) is 3.13. The van der Waals surface area contributed by atoms with Crippen LogP contribution < -0.4 is 10.5 Å². The van der Waals surface area contributed by atoms with Gasteiger partial charge in [-0.3, -0.25) is 14.2 Å². The van der Waals surface area contributed by atoms with E-state index in [1.165, 1.54) is 10.9 Å². The zero-order valence-electron chi connectivity index (χ0n) is 16.9. The molecule has 5 rings (SSSR count). The first kappa shape index (κ1) is 19.6. The van der Waals surface area contributed by atoms with Crippen molar-refractivity contribution in [3.63, 3.8) is 0 Å². The topological polar surface area (TPSA) is 74.2 Å². The monoisotopic (exact) mass is 435 g/mol. The molecule has 1 fully saturated rings. The molecule has 0 radical (unpaired) electrons. The van der Waals surface area contributed by atoms with E-state index in [1.807, 2.05) is 53.4 Å². The molecular formula is C23H22ClN5O2. The van der Waals surface area contributed by atoms with Gasteiger partial charge in [0.05, 0.1) is 6.33 Å². The molecule has 0 unspecified atom stereocenters. The minimum absolute atomic E-state index is 0.0504. The molecule has 8 heteroatoms. The molecular weight excluding hydrogens is 414 g/mol. The Balaban J connectivity index is 1.24. The molecule has 158 valence electrons. The van der Waals surface area contributed by atoms with Crippen molar-refractivity contribution in [2.75, 3.05) is 31.1 Å². The molecule has 1 N–H and O–H groups in total. The molecule has 1 amide bonds. The Morgan fingerprint density at radius 3 is 2.68 bits per heavy atom. The number of aryl methyl sites for hydroxylation is 1. The number of carbonyl (C=O) groups is 1. The minimum Gasteiger partial charge on any atom is -0.368 e. The maximum atomic E-state index is 12.9. The second-order valence-electron chi connectivity index (χ2n) is 7.74. The van der Waals surface area contributed by atoms with E-state index in [-0.39, 0.29) is 17.9 Å². The van der Waals surface area contributed by atoms with Crippen LogP contribution >= 0.6 is 11.6 Å². The van der Waals surface area contributed by atoms with Crippen molar-refractivity contribution >= 4 is 45.1 Å². The number of halogens is 1. The van der Waals surface area contributed by atoms with E-state index in [0.29, 0.717) is 35.7 Å². The number of hydrogen-bond donors (Lipinski definition) is 1. The maximum absolute atomic E-state index is 12.9. The van der Waals surface area contributed by atoms with Crippen LogP contribution in [0.3, 0.4) is 0 Å². The zero-order chi connectivity index (χ0) is 21.4. The Morgan fingerprint density at radius 2 is 1.87 bits per heavy atom. The smallest absolute Gasteiger partial charge is 0.277 e. The summed E-state index contributed by atoms with van der Waals surface area (Å²) in [6.07, 6.45) is 1.81. The molecule has 0 atom stereocenters. The van der Waals surface area contributed by atoms with Gasteiger partial charge in [-0.25, -0.2) is 4.98 Å². The van der Waals surface area contributed by atoms with Gasteiger partial charge in [0.15, 0.2) is 0 Å². The summed E-state index contributed by atoms with van der Waals surface area (Å²) < 4.78 is 1.51. The van der Waals surface area contributed by atoms with Gasteiger partial charge < -0.3 is 14.8 Å². The summed E-state index contributed by atoms with van der Waals surface area (Å²) in [5.74, 6) is 0.0504. The molecule has 1 saturated heterocycles. The quantitative estimate of drug-likeness (QED) is 0.534. The third kappa shape index (κ3) is 3.77. The number of hydrogen-bond acceptors (Lipinski definition) is 4. The number of para-hydroxylation sites is 1. The number of piperazine rings is 1. The predicted molar refractivity (Wildman–Crippen MR) is 123 cm³/mol. The van der Waals surface area contributed by atoms with Gasteiger partial charge in [-0.2, -0.15) is 0 Å². The van der Waals surface area contributed by atoms with E-state index in [0.717, 1.165) is 29.7 Å². The Bertz CT molecular complexity index is 1320. The fourth-order valence-electron chi connectivity index (χ4n) is 4.16. The Morgan fingerprint density at radius 1 is 1.06 bits per heavy atom. The van der Waals surface area contributed by atoms with E-state index < -0.39 is 0 Å². The Labute approximate surface area is 183 Å². The lowest BCUT2D eigenvalue weighted by atomic mass is 10.2. The summed E-state index contributed by atoms with van der Waals surface area (Å²) in [5.41, 5.74) is 2.95. The van der Waals surface area contributed by atoms with E-state index in [2.05, 4.69) is 14.9 Å². The molecule has 7 nitrogen and oxygen atoms in total. The lowest BCUT2D eigenvalue weighted by Gasteiger charge is -2.36. The first-order valence-electron chi connectivity index (χ1n) is 10.3. The van der Waals surface area contributed by atoms with Gasteiger partial charge in [-0.05, 0) is 24.3 Å². The molecule has 1 aliphatic heterocycles. The number of fused-ring (bicyclic) bond motifs is 3. The molecule has 3 heterocycles. The lowest BCUT2D eigenvalue weighted by Crippen LogP contribution is -2.49. The standard InChI is InChI=1S/C23H22ClN5O2/c24-16-4-3-5-17(14-16)27-10-12-28(13-11-27)20(30)8-9-29-15-25-21-18-6-1-2-7-19(18)26-22(21)23(29)31/h1-7,14-15,26H,8-13H2. The molecule has 1 aliphatic rings. The number of carbonyl (C=O) groups excluding carboxylic acids is 1. The average Bonchev–Trinajstić information content (AvgIpc) is 3.18. The largest absolute Gasteiger partial charge is 0.368 e. The van der Waals surface area contributed by atoms with Crippen molar-refractivity contribution < 1.29 is 4.79 Å². The summed E-state index contributed by atoms with van der Waals surface area (Å²) in [4.78, 5) is 37.3. The van der Waals surface area contributed by atoms with Crippen LogP contribution in [0.25, 0.3) is 21.9 Å². The maximum Gasteiger partial charge on any atom is 0.277 e. The lowest BCUT2D eigenvalue weighted by molar-refractivity contribution is -0.131. The van der Waals surface area contributed by atoms with Gasteiger partial charge >= 0.3 is 0 Å². The van der Waals surface area contributed by atoms with Gasteiger partial charge in [0.1, 0.15) is 11.0 Å². The van der Waals surface area contributed by atoms with Crippen LogP contribution in [0.1, 0.15) is 6.42 Å². The summed E-state index contributed by atoms with van der Waals surface area (Å²) in [6, 6.07) is 15.5. The number of rotatable bonds is 4. The second kappa shape index (κ2) is 8.07. The van der Waals surface area contributed by atoms with Crippen molar-refractivity contribution in [2.45, 2.75) is 13.0 Å². The normalized spacial score (nSPS) is 14.5. The van der Waals surface area contributed by atoms with Crippen LogP contribution in [-0.4, -0.2) is 51.5 Å².